The molecular formula is C19H15Cl2N3O3. The third-order valence-corrected chi connectivity index (χ3v) is 4.44. The van der Waals surface area contributed by atoms with E-state index in [9.17, 15) is 9.59 Å². The summed E-state index contributed by atoms with van der Waals surface area (Å²) in [6.45, 7) is 0.0768. The van der Waals surface area contributed by atoms with Crippen molar-refractivity contribution < 1.29 is 14.3 Å². The zero-order chi connectivity index (χ0) is 19.2. The van der Waals surface area contributed by atoms with Gasteiger partial charge in [-0.2, -0.15) is 5.10 Å². The van der Waals surface area contributed by atoms with Crippen LogP contribution >= 0.6 is 23.2 Å². The van der Waals surface area contributed by atoms with Gasteiger partial charge in [-0.05, 0) is 17.7 Å². The highest BCUT2D eigenvalue weighted by atomic mass is 35.5. The number of hydrogen-bond acceptors (Lipinski definition) is 4. The lowest BCUT2D eigenvalue weighted by Gasteiger charge is -2.08. The molecule has 0 bridgehead atoms. The van der Waals surface area contributed by atoms with Gasteiger partial charge in [-0.25, -0.2) is 4.79 Å². The number of carbonyl (C=O) groups is 2. The molecule has 1 heterocycles. The molecule has 3 rings (SSSR count). The molecule has 0 spiro atoms. The Bertz CT molecular complexity index is 958. The van der Waals surface area contributed by atoms with E-state index in [2.05, 4.69) is 10.4 Å². The van der Waals surface area contributed by atoms with Gasteiger partial charge in [-0.1, -0.05) is 59.6 Å². The number of amides is 1. The number of anilines is 1. The Morgan fingerprint density at radius 2 is 1.85 bits per heavy atom. The maximum Gasteiger partial charge on any atom is 0.341 e. The predicted molar refractivity (Wildman–Crippen MR) is 103 cm³/mol. The normalized spacial score (nSPS) is 10.4. The molecule has 0 saturated heterocycles. The highest BCUT2D eigenvalue weighted by Crippen LogP contribution is 2.29. The Hall–Kier alpha value is -2.83. The van der Waals surface area contributed by atoms with E-state index in [0.717, 1.165) is 5.56 Å². The number of ether oxygens (including phenoxy) is 1. The molecule has 0 aliphatic heterocycles. The first-order chi connectivity index (χ1) is 13.0. The zero-order valence-electron chi connectivity index (χ0n) is 14.1. The van der Waals surface area contributed by atoms with E-state index in [1.807, 2.05) is 30.3 Å². The number of aromatic nitrogens is 2. The molecular weight excluding hydrogens is 389 g/mol. The fourth-order valence-corrected chi connectivity index (χ4v) is 2.67. The van der Waals surface area contributed by atoms with Crippen LogP contribution in [0.1, 0.15) is 15.9 Å². The lowest BCUT2D eigenvalue weighted by molar-refractivity contribution is -0.119. The Balaban J connectivity index is 1.53. The molecule has 1 N–H and O–H groups in total. The van der Waals surface area contributed by atoms with Crippen molar-refractivity contribution in [3.63, 3.8) is 0 Å². The first-order valence-electron chi connectivity index (χ1n) is 8.00. The van der Waals surface area contributed by atoms with Gasteiger partial charge >= 0.3 is 5.97 Å². The van der Waals surface area contributed by atoms with Gasteiger partial charge in [0, 0.05) is 6.20 Å². The second kappa shape index (κ2) is 8.70. The van der Waals surface area contributed by atoms with Gasteiger partial charge in [-0.15, -0.1) is 0 Å². The fourth-order valence-electron chi connectivity index (χ4n) is 2.33. The number of benzene rings is 2. The summed E-state index contributed by atoms with van der Waals surface area (Å²) in [5.74, 6) is -1.16. The summed E-state index contributed by atoms with van der Waals surface area (Å²) in [6.07, 6.45) is 2.97. The quantitative estimate of drug-likeness (QED) is 0.630. The third-order valence-electron chi connectivity index (χ3n) is 3.62. The Labute approximate surface area is 165 Å². The van der Waals surface area contributed by atoms with Gasteiger partial charge in [-0.3, -0.25) is 9.48 Å². The number of rotatable bonds is 6. The standard InChI is InChI=1S/C19H15Cl2N3O3/c20-15-7-4-8-16(18(15)21)23-17(25)12-27-19(26)14-9-22-24(11-14)10-13-5-2-1-3-6-13/h1-9,11H,10,12H2,(H,23,25). The molecule has 0 atom stereocenters. The second-order valence-electron chi connectivity index (χ2n) is 5.64. The van der Waals surface area contributed by atoms with Crippen LogP contribution in [0.15, 0.2) is 60.9 Å². The van der Waals surface area contributed by atoms with Crippen molar-refractivity contribution in [3.05, 3.63) is 82.1 Å². The lowest BCUT2D eigenvalue weighted by Crippen LogP contribution is -2.21. The van der Waals surface area contributed by atoms with Crippen molar-refractivity contribution in [1.82, 2.24) is 9.78 Å². The first-order valence-corrected chi connectivity index (χ1v) is 8.76. The van der Waals surface area contributed by atoms with Crippen molar-refractivity contribution >= 4 is 40.8 Å². The van der Waals surface area contributed by atoms with Crippen LogP contribution in [-0.2, 0) is 16.1 Å². The summed E-state index contributed by atoms with van der Waals surface area (Å²) in [5, 5.41) is 7.21. The lowest BCUT2D eigenvalue weighted by atomic mass is 10.2. The molecule has 3 aromatic rings. The molecule has 0 fully saturated rings. The highest BCUT2D eigenvalue weighted by Gasteiger charge is 2.14. The summed E-state index contributed by atoms with van der Waals surface area (Å²) in [5.41, 5.74) is 1.67. The maximum atomic E-state index is 12.1. The smallest absolute Gasteiger partial charge is 0.341 e. The van der Waals surface area contributed by atoms with E-state index in [1.54, 1.807) is 29.1 Å². The molecule has 0 saturated carbocycles. The maximum absolute atomic E-state index is 12.1. The van der Waals surface area contributed by atoms with E-state index in [4.69, 9.17) is 27.9 Å². The van der Waals surface area contributed by atoms with E-state index in [-0.39, 0.29) is 10.6 Å². The zero-order valence-corrected chi connectivity index (χ0v) is 15.6. The minimum absolute atomic E-state index is 0.223. The van der Waals surface area contributed by atoms with E-state index in [1.165, 1.54) is 6.20 Å². The number of nitrogens with one attached hydrogen (secondary N) is 1. The van der Waals surface area contributed by atoms with Crippen LogP contribution in [0.5, 0.6) is 0 Å². The second-order valence-corrected chi connectivity index (χ2v) is 6.42. The number of nitrogens with zero attached hydrogens (tertiary/aromatic N) is 2. The Kier molecular flexibility index (Phi) is 6.11. The summed E-state index contributed by atoms with van der Waals surface area (Å²) < 4.78 is 6.64. The van der Waals surface area contributed by atoms with Crippen LogP contribution < -0.4 is 5.32 Å². The SMILES string of the molecule is O=C(COC(=O)c1cnn(Cc2ccccc2)c1)Nc1cccc(Cl)c1Cl. The average molecular weight is 404 g/mol. The Morgan fingerprint density at radius 1 is 1.07 bits per heavy atom. The molecule has 138 valence electrons. The number of carbonyl (C=O) groups excluding carboxylic acids is 2. The van der Waals surface area contributed by atoms with Gasteiger partial charge in [0.25, 0.3) is 5.91 Å². The van der Waals surface area contributed by atoms with Crippen molar-refractivity contribution in [1.29, 1.82) is 0 Å². The molecule has 1 aromatic heterocycles. The van der Waals surface area contributed by atoms with E-state index >= 15 is 0 Å². The minimum atomic E-state index is -0.637. The molecule has 27 heavy (non-hydrogen) atoms. The summed E-state index contributed by atoms with van der Waals surface area (Å²) in [7, 11) is 0. The van der Waals surface area contributed by atoms with Crippen LogP contribution in [0.25, 0.3) is 0 Å². The summed E-state index contributed by atoms with van der Waals surface area (Å²) in [4.78, 5) is 24.0. The van der Waals surface area contributed by atoms with Gasteiger partial charge in [0.05, 0.1) is 34.0 Å². The van der Waals surface area contributed by atoms with Crippen LogP contribution in [0.4, 0.5) is 5.69 Å². The number of hydrogen-bond donors (Lipinski definition) is 1. The van der Waals surface area contributed by atoms with Crippen LogP contribution in [0.2, 0.25) is 10.0 Å². The molecule has 0 unspecified atom stereocenters. The third kappa shape index (κ3) is 5.09. The molecule has 1 amide bonds. The molecule has 8 heteroatoms. The molecule has 0 aliphatic carbocycles. The van der Waals surface area contributed by atoms with Gasteiger partial charge < -0.3 is 10.1 Å². The predicted octanol–water partition coefficient (Wildman–Crippen LogP) is 4.03. The molecule has 0 aliphatic rings. The van der Waals surface area contributed by atoms with Crippen molar-refractivity contribution in [2.45, 2.75) is 6.54 Å². The van der Waals surface area contributed by atoms with Crippen LogP contribution in [-0.4, -0.2) is 28.3 Å². The largest absolute Gasteiger partial charge is 0.452 e. The molecule has 2 aromatic carbocycles. The highest BCUT2D eigenvalue weighted by molar-refractivity contribution is 6.44. The van der Waals surface area contributed by atoms with Gasteiger partial charge in [0.2, 0.25) is 0 Å². The number of halogens is 2. The van der Waals surface area contributed by atoms with E-state index < -0.39 is 18.5 Å². The van der Waals surface area contributed by atoms with Crippen LogP contribution in [0, 0.1) is 0 Å². The van der Waals surface area contributed by atoms with Crippen molar-refractivity contribution in [2.24, 2.45) is 0 Å². The molecule has 0 radical (unpaired) electrons. The average Bonchev–Trinajstić information content (AvgIpc) is 3.13. The van der Waals surface area contributed by atoms with E-state index in [0.29, 0.717) is 17.3 Å². The minimum Gasteiger partial charge on any atom is -0.452 e. The summed E-state index contributed by atoms with van der Waals surface area (Å²) in [6, 6.07) is 14.6. The number of esters is 1. The fraction of sp³-hybridized carbons (Fsp3) is 0.105. The molecule has 6 nitrogen and oxygen atoms in total. The van der Waals surface area contributed by atoms with Crippen molar-refractivity contribution in [3.8, 4) is 0 Å². The Morgan fingerprint density at radius 3 is 2.63 bits per heavy atom. The monoisotopic (exact) mass is 403 g/mol. The topological polar surface area (TPSA) is 73.2 Å². The van der Waals surface area contributed by atoms with Gasteiger partial charge in [0.1, 0.15) is 0 Å². The summed E-state index contributed by atoms with van der Waals surface area (Å²) >= 11 is 11.9. The van der Waals surface area contributed by atoms with Crippen molar-refractivity contribution in [2.75, 3.05) is 11.9 Å². The first kappa shape index (κ1) is 18.9. The van der Waals surface area contributed by atoms with Gasteiger partial charge in [0.15, 0.2) is 6.61 Å². The van der Waals surface area contributed by atoms with Crippen LogP contribution in [0.3, 0.4) is 0 Å².